The number of aryl methyl sites for hydroxylation is 1. The van der Waals surface area contributed by atoms with Crippen molar-refractivity contribution >= 4 is 27.6 Å². The average molecular weight is 404 g/mol. The predicted octanol–water partition coefficient (Wildman–Crippen LogP) is 2.79. The first-order chi connectivity index (χ1) is 13.1. The number of hydrogen-bond acceptors (Lipinski definition) is 5. The van der Waals surface area contributed by atoms with Crippen LogP contribution in [0.2, 0.25) is 0 Å². The van der Waals surface area contributed by atoms with Crippen LogP contribution in [0.4, 0.5) is 5.69 Å². The molecule has 2 rings (SSSR count). The summed E-state index contributed by atoms with van der Waals surface area (Å²) < 4.78 is 32.7. The molecular weight excluding hydrogens is 380 g/mol. The molecular formula is C20H24N2O5S. The lowest BCUT2D eigenvalue weighted by Crippen LogP contribution is -2.31. The largest absolute Gasteiger partial charge is 0.462 e. The van der Waals surface area contributed by atoms with Crippen LogP contribution < -0.4 is 10.0 Å². The fourth-order valence-electron chi connectivity index (χ4n) is 2.41. The molecule has 0 saturated carbocycles. The van der Waals surface area contributed by atoms with Crippen molar-refractivity contribution in [3.8, 4) is 0 Å². The van der Waals surface area contributed by atoms with Crippen LogP contribution in [0.25, 0.3) is 0 Å². The second-order valence-electron chi connectivity index (χ2n) is 6.60. The summed E-state index contributed by atoms with van der Waals surface area (Å²) >= 11 is 0. The second-order valence-corrected chi connectivity index (χ2v) is 8.28. The summed E-state index contributed by atoms with van der Waals surface area (Å²) in [4.78, 5) is 23.6. The van der Waals surface area contributed by atoms with Gasteiger partial charge in [0.2, 0.25) is 0 Å². The molecule has 28 heavy (non-hydrogen) atoms. The Bertz CT molecular complexity index is 967. The molecule has 2 aromatic carbocycles. The average Bonchev–Trinajstić information content (AvgIpc) is 2.63. The Hall–Kier alpha value is -2.87. The Balaban J connectivity index is 2.07. The number of amides is 1. The fourth-order valence-corrected chi connectivity index (χ4v) is 3.53. The van der Waals surface area contributed by atoms with E-state index >= 15 is 0 Å². The number of benzene rings is 2. The Kier molecular flexibility index (Phi) is 6.80. The summed E-state index contributed by atoms with van der Waals surface area (Å²) in [5.74, 6) is -1.03. The first-order valence-electron chi connectivity index (χ1n) is 8.77. The smallest absolute Gasteiger partial charge is 0.325 e. The van der Waals surface area contributed by atoms with Crippen LogP contribution in [0.1, 0.15) is 35.3 Å². The van der Waals surface area contributed by atoms with E-state index in [-0.39, 0.29) is 23.1 Å². The first-order valence-corrected chi connectivity index (χ1v) is 10.3. The van der Waals surface area contributed by atoms with Crippen LogP contribution >= 0.6 is 0 Å². The highest BCUT2D eigenvalue weighted by Crippen LogP contribution is 2.22. The van der Waals surface area contributed by atoms with E-state index in [9.17, 15) is 18.0 Å². The SMILES string of the molecule is Cc1cccc(NS(=O)(=O)c2ccc(C(=O)NCC(=O)OC(C)C)cc2)c1C. The van der Waals surface area contributed by atoms with Crippen LogP contribution in [-0.4, -0.2) is 32.9 Å². The number of sulfonamides is 1. The summed E-state index contributed by atoms with van der Waals surface area (Å²) in [6, 6.07) is 10.8. The molecule has 8 heteroatoms. The third kappa shape index (κ3) is 5.56. The summed E-state index contributed by atoms with van der Waals surface area (Å²) in [5.41, 5.74) is 2.56. The van der Waals surface area contributed by atoms with Gasteiger partial charge in [-0.3, -0.25) is 14.3 Å². The minimum Gasteiger partial charge on any atom is -0.462 e. The molecule has 0 heterocycles. The van der Waals surface area contributed by atoms with E-state index < -0.39 is 21.9 Å². The number of carbonyl (C=O) groups is 2. The van der Waals surface area contributed by atoms with Crippen LogP contribution in [0, 0.1) is 13.8 Å². The molecule has 0 aliphatic carbocycles. The number of carbonyl (C=O) groups excluding carboxylic acids is 2. The standard InChI is InChI=1S/C20H24N2O5S/c1-13(2)27-19(23)12-21-20(24)16-8-10-17(11-9-16)28(25,26)22-18-7-5-6-14(3)15(18)4/h5-11,13,22H,12H2,1-4H3,(H,21,24). The maximum absolute atomic E-state index is 12.6. The molecule has 7 nitrogen and oxygen atoms in total. The van der Waals surface area contributed by atoms with Gasteiger partial charge in [0.05, 0.1) is 16.7 Å². The van der Waals surface area contributed by atoms with Gasteiger partial charge in [0.25, 0.3) is 15.9 Å². The Morgan fingerprint density at radius 1 is 1.04 bits per heavy atom. The van der Waals surface area contributed by atoms with Crippen molar-refractivity contribution in [1.29, 1.82) is 0 Å². The molecule has 2 aromatic rings. The van der Waals surface area contributed by atoms with E-state index in [0.717, 1.165) is 11.1 Å². The third-order valence-corrected chi connectivity index (χ3v) is 5.42. The maximum atomic E-state index is 12.6. The minimum absolute atomic E-state index is 0.0316. The topological polar surface area (TPSA) is 102 Å². The van der Waals surface area contributed by atoms with Gasteiger partial charge in [-0.2, -0.15) is 0 Å². The Morgan fingerprint density at radius 2 is 1.68 bits per heavy atom. The van der Waals surface area contributed by atoms with Crippen LogP contribution in [0.5, 0.6) is 0 Å². The van der Waals surface area contributed by atoms with Gasteiger partial charge < -0.3 is 10.1 Å². The van der Waals surface area contributed by atoms with E-state index in [1.54, 1.807) is 26.0 Å². The van der Waals surface area contributed by atoms with Gasteiger partial charge in [-0.05, 0) is 69.2 Å². The quantitative estimate of drug-likeness (QED) is 0.691. The molecule has 0 bridgehead atoms. The number of nitrogens with one attached hydrogen (secondary N) is 2. The van der Waals surface area contributed by atoms with Crippen molar-refractivity contribution in [2.45, 2.75) is 38.7 Å². The number of rotatable bonds is 7. The monoisotopic (exact) mass is 404 g/mol. The highest BCUT2D eigenvalue weighted by Gasteiger charge is 2.17. The number of hydrogen-bond donors (Lipinski definition) is 2. The zero-order valence-electron chi connectivity index (χ0n) is 16.3. The third-order valence-electron chi connectivity index (χ3n) is 4.04. The highest BCUT2D eigenvalue weighted by atomic mass is 32.2. The fraction of sp³-hybridized carbons (Fsp3) is 0.300. The molecule has 0 atom stereocenters. The van der Waals surface area contributed by atoms with Gasteiger partial charge in [-0.1, -0.05) is 12.1 Å². The number of esters is 1. The number of ether oxygens (including phenoxy) is 1. The van der Waals surface area contributed by atoms with Gasteiger partial charge in [0.15, 0.2) is 0 Å². The summed E-state index contributed by atoms with van der Waals surface area (Å²) in [6.07, 6.45) is -0.265. The van der Waals surface area contributed by atoms with Gasteiger partial charge in [0, 0.05) is 5.56 Å². The second kappa shape index (κ2) is 8.88. The molecule has 0 spiro atoms. The van der Waals surface area contributed by atoms with Gasteiger partial charge >= 0.3 is 5.97 Å². The summed E-state index contributed by atoms with van der Waals surface area (Å²) in [7, 11) is -3.79. The summed E-state index contributed by atoms with van der Waals surface area (Å²) in [6.45, 7) is 6.91. The van der Waals surface area contributed by atoms with Gasteiger partial charge in [-0.15, -0.1) is 0 Å². The van der Waals surface area contributed by atoms with Crippen LogP contribution in [0.15, 0.2) is 47.4 Å². The lowest BCUT2D eigenvalue weighted by molar-refractivity contribution is -0.146. The molecule has 0 unspecified atom stereocenters. The van der Waals surface area contributed by atoms with E-state index in [2.05, 4.69) is 10.0 Å². The molecule has 0 aromatic heterocycles. The van der Waals surface area contributed by atoms with Crippen molar-refractivity contribution in [3.63, 3.8) is 0 Å². The van der Waals surface area contributed by atoms with Crippen molar-refractivity contribution in [2.75, 3.05) is 11.3 Å². The van der Waals surface area contributed by atoms with Crippen LogP contribution in [-0.2, 0) is 19.6 Å². The zero-order valence-corrected chi connectivity index (χ0v) is 17.1. The van der Waals surface area contributed by atoms with Crippen molar-refractivity contribution in [2.24, 2.45) is 0 Å². The first kappa shape index (κ1) is 21.4. The highest BCUT2D eigenvalue weighted by molar-refractivity contribution is 7.92. The van der Waals surface area contributed by atoms with E-state index in [0.29, 0.717) is 5.69 Å². The molecule has 0 aliphatic rings. The lowest BCUT2D eigenvalue weighted by atomic mass is 10.1. The molecule has 0 saturated heterocycles. The van der Waals surface area contributed by atoms with E-state index in [1.807, 2.05) is 19.9 Å². The number of anilines is 1. The van der Waals surface area contributed by atoms with E-state index in [1.165, 1.54) is 24.3 Å². The van der Waals surface area contributed by atoms with Crippen LogP contribution in [0.3, 0.4) is 0 Å². The van der Waals surface area contributed by atoms with Crippen molar-refractivity contribution in [3.05, 3.63) is 59.2 Å². The molecule has 0 fully saturated rings. The zero-order chi connectivity index (χ0) is 20.9. The molecule has 1 amide bonds. The normalized spacial score (nSPS) is 11.2. The van der Waals surface area contributed by atoms with Crippen molar-refractivity contribution < 1.29 is 22.7 Å². The van der Waals surface area contributed by atoms with Gasteiger partial charge in [-0.25, -0.2) is 8.42 Å². The molecule has 150 valence electrons. The Labute approximate surface area is 165 Å². The van der Waals surface area contributed by atoms with E-state index in [4.69, 9.17) is 4.74 Å². The Morgan fingerprint density at radius 3 is 2.29 bits per heavy atom. The summed E-state index contributed by atoms with van der Waals surface area (Å²) in [5, 5.41) is 2.44. The molecule has 0 radical (unpaired) electrons. The lowest BCUT2D eigenvalue weighted by Gasteiger charge is -2.12. The van der Waals surface area contributed by atoms with Gasteiger partial charge in [0.1, 0.15) is 6.54 Å². The molecule has 2 N–H and O–H groups in total. The maximum Gasteiger partial charge on any atom is 0.325 e. The molecule has 0 aliphatic heterocycles. The van der Waals surface area contributed by atoms with Crippen molar-refractivity contribution in [1.82, 2.24) is 5.32 Å². The predicted molar refractivity (Wildman–Crippen MR) is 107 cm³/mol. The minimum atomic E-state index is -3.79.